The number of rotatable bonds is 3. The smallest absolute Gasteiger partial charge is 0.227 e. The van der Waals surface area contributed by atoms with Crippen molar-refractivity contribution in [1.29, 1.82) is 0 Å². The summed E-state index contributed by atoms with van der Waals surface area (Å²) in [6.45, 7) is 4.14. The lowest BCUT2D eigenvalue weighted by atomic mass is 9.98. The molecule has 1 aromatic carbocycles. The van der Waals surface area contributed by atoms with E-state index in [1.54, 1.807) is 0 Å². The molecule has 1 aliphatic carbocycles. The number of para-hydroxylation sites is 1. The molecular weight excluding hydrogens is 296 g/mol. The van der Waals surface area contributed by atoms with Crippen LogP contribution < -0.4 is 0 Å². The Morgan fingerprint density at radius 3 is 2.50 bits per heavy atom. The van der Waals surface area contributed by atoms with E-state index < -0.39 is 0 Å². The zero-order valence-corrected chi connectivity index (χ0v) is 15.1. The summed E-state index contributed by atoms with van der Waals surface area (Å²) in [5, 5.41) is 1.16. The maximum absolute atomic E-state index is 12.9. The molecule has 3 nitrogen and oxygen atoms in total. The van der Waals surface area contributed by atoms with E-state index in [1.807, 2.05) is 37.1 Å². The Balaban J connectivity index is 1.82. The normalized spacial score (nSPS) is 16.1. The van der Waals surface area contributed by atoms with Gasteiger partial charge in [-0.1, -0.05) is 43.9 Å². The van der Waals surface area contributed by atoms with Gasteiger partial charge in [0.05, 0.1) is 11.9 Å². The van der Waals surface area contributed by atoms with Crippen LogP contribution in [0.15, 0.2) is 24.3 Å². The van der Waals surface area contributed by atoms with Gasteiger partial charge in [-0.2, -0.15) is 0 Å². The summed E-state index contributed by atoms with van der Waals surface area (Å²) in [6.07, 6.45) is 7.88. The maximum atomic E-state index is 12.9. The molecule has 2 aromatic rings. The molecule has 0 aliphatic heterocycles. The van der Waals surface area contributed by atoms with Gasteiger partial charge in [-0.3, -0.25) is 9.78 Å². The molecule has 0 bridgehead atoms. The molecule has 0 N–H and O–H groups in total. The number of fused-ring (bicyclic) bond motifs is 1. The van der Waals surface area contributed by atoms with Gasteiger partial charge in [0.2, 0.25) is 5.91 Å². The monoisotopic (exact) mass is 324 g/mol. The fourth-order valence-electron chi connectivity index (χ4n) is 3.96. The zero-order valence-electron chi connectivity index (χ0n) is 15.1. The first kappa shape index (κ1) is 16.9. The standard InChI is InChI=1S/C21H28N2O/c1-15-18-12-8-9-13-20(18)22-16(2)19(15)14-21(24)23(3)17-10-6-4-5-7-11-17/h8-9,12-13,17H,4-7,10-11,14H2,1-3H3. The van der Waals surface area contributed by atoms with E-state index in [0.717, 1.165) is 35.0 Å². The first-order chi connectivity index (χ1) is 11.6. The van der Waals surface area contributed by atoms with E-state index in [2.05, 4.69) is 13.0 Å². The zero-order chi connectivity index (χ0) is 17.1. The summed E-state index contributed by atoms with van der Waals surface area (Å²) in [6, 6.07) is 8.60. The third-order valence-electron chi connectivity index (χ3n) is 5.58. The summed E-state index contributed by atoms with van der Waals surface area (Å²) in [4.78, 5) is 19.6. The van der Waals surface area contributed by atoms with Crippen LogP contribution in [0.4, 0.5) is 0 Å². The van der Waals surface area contributed by atoms with Crippen molar-refractivity contribution < 1.29 is 4.79 Å². The molecule has 1 aliphatic rings. The van der Waals surface area contributed by atoms with Crippen LogP contribution in [0.3, 0.4) is 0 Å². The lowest BCUT2D eigenvalue weighted by Gasteiger charge is -2.28. The van der Waals surface area contributed by atoms with Crippen molar-refractivity contribution in [1.82, 2.24) is 9.88 Å². The molecule has 3 rings (SSSR count). The number of carbonyl (C=O) groups excluding carboxylic acids is 1. The highest BCUT2D eigenvalue weighted by atomic mass is 16.2. The Hall–Kier alpha value is -1.90. The van der Waals surface area contributed by atoms with Crippen molar-refractivity contribution in [3.63, 3.8) is 0 Å². The largest absolute Gasteiger partial charge is 0.342 e. The highest BCUT2D eigenvalue weighted by Crippen LogP contribution is 2.25. The van der Waals surface area contributed by atoms with Crippen LogP contribution in [0.1, 0.15) is 55.3 Å². The van der Waals surface area contributed by atoms with Gasteiger partial charge in [0.1, 0.15) is 0 Å². The molecule has 0 atom stereocenters. The Morgan fingerprint density at radius 2 is 1.79 bits per heavy atom. The predicted molar refractivity (Wildman–Crippen MR) is 99.2 cm³/mol. The number of pyridine rings is 1. The molecule has 1 amide bonds. The Bertz CT molecular complexity index is 730. The first-order valence-electron chi connectivity index (χ1n) is 9.18. The molecular formula is C21H28N2O. The van der Waals surface area contributed by atoms with Gasteiger partial charge in [0, 0.05) is 24.2 Å². The number of carbonyl (C=O) groups is 1. The second-order valence-electron chi connectivity index (χ2n) is 7.14. The van der Waals surface area contributed by atoms with Gasteiger partial charge in [-0.05, 0) is 43.9 Å². The van der Waals surface area contributed by atoms with Crippen molar-refractivity contribution in [2.45, 2.75) is 64.8 Å². The predicted octanol–water partition coefficient (Wildman–Crippen LogP) is 4.58. The minimum absolute atomic E-state index is 0.227. The molecule has 128 valence electrons. The SMILES string of the molecule is Cc1nc2ccccc2c(C)c1CC(=O)N(C)C1CCCCCC1. The van der Waals surface area contributed by atoms with Crippen molar-refractivity contribution >= 4 is 16.8 Å². The average molecular weight is 324 g/mol. The van der Waals surface area contributed by atoms with Crippen LogP contribution in [0.25, 0.3) is 10.9 Å². The topological polar surface area (TPSA) is 33.2 Å². The Labute approximate surface area is 145 Å². The van der Waals surface area contributed by atoms with E-state index >= 15 is 0 Å². The van der Waals surface area contributed by atoms with Crippen LogP contribution in [0.2, 0.25) is 0 Å². The maximum Gasteiger partial charge on any atom is 0.227 e. The number of aromatic nitrogens is 1. The molecule has 1 fully saturated rings. The van der Waals surface area contributed by atoms with Crippen LogP contribution in [0.5, 0.6) is 0 Å². The summed E-state index contributed by atoms with van der Waals surface area (Å²) in [5.41, 5.74) is 4.29. The highest BCUT2D eigenvalue weighted by Gasteiger charge is 2.22. The fraction of sp³-hybridized carbons (Fsp3) is 0.524. The van der Waals surface area contributed by atoms with Gasteiger partial charge in [0.15, 0.2) is 0 Å². The molecule has 0 radical (unpaired) electrons. The third kappa shape index (κ3) is 3.45. The number of hydrogen-bond donors (Lipinski definition) is 0. The fourth-order valence-corrected chi connectivity index (χ4v) is 3.96. The van der Waals surface area contributed by atoms with Crippen LogP contribution >= 0.6 is 0 Å². The molecule has 3 heteroatoms. The Kier molecular flexibility index (Phi) is 5.17. The lowest BCUT2D eigenvalue weighted by Crippen LogP contribution is -2.38. The number of amides is 1. The molecule has 24 heavy (non-hydrogen) atoms. The number of benzene rings is 1. The number of hydrogen-bond acceptors (Lipinski definition) is 2. The van der Waals surface area contributed by atoms with Crippen molar-refractivity contribution in [2.75, 3.05) is 7.05 Å². The number of likely N-dealkylation sites (N-methyl/N-ethyl adjacent to an activating group) is 1. The summed E-state index contributed by atoms with van der Waals surface area (Å²) in [5.74, 6) is 0.227. The van der Waals surface area contributed by atoms with Gasteiger partial charge < -0.3 is 4.90 Å². The molecule has 1 aromatic heterocycles. The van der Waals surface area contributed by atoms with Crippen LogP contribution in [-0.2, 0) is 11.2 Å². The Morgan fingerprint density at radius 1 is 1.12 bits per heavy atom. The van der Waals surface area contributed by atoms with Crippen LogP contribution in [0, 0.1) is 13.8 Å². The second-order valence-corrected chi connectivity index (χ2v) is 7.14. The average Bonchev–Trinajstić information content (AvgIpc) is 2.87. The van der Waals surface area contributed by atoms with Crippen molar-refractivity contribution in [3.8, 4) is 0 Å². The van der Waals surface area contributed by atoms with E-state index in [-0.39, 0.29) is 5.91 Å². The second kappa shape index (κ2) is 7.33. The van der Waals surface area contributed by atoms with E-state index in [0.29, 0.717) is 12.5 Å². The van der Waals surface area contributed by atoms with Crippen LogP contribution in [-0.4, -0.2) is 28.9 Å². The summed E-state index contributed by atoms with van der Waals surface area (Å²) >= 11 is 0. The summed E-state index contributed by atoms with van der Waals surface area (Å²) < 4.78 is 0. The molecule has 0 spiro atoms. The van der Waals surface area contributed by atoms with Gasteiger partial charge >= 0.3 is 0 Å². The quantitative estimate of drug-likeness (QED) is 0.775. The van der Waals surface area contributed by atoms with E-state index in [4.69, 9.17) is 4.98 Å². The number of aryl methyl sites for hydroxylation is 2. The molecule has 1 saturated carbocycles. The first-order valence-corrected chi connectivity index (χ1v) is 9.18. The third-order valence-corrected chi connectivity index (χ3v) is 5.58. The minimum Gasteiger partial charge on any atom is -0.342 e. The van der Waals surface area contributed by atoms with E-state index in [1.165, 1.54) is 31.2 Å². The van der Waals surface area contributed by atoms with E-state index in [9.17, 15) is 4.79 Å². The number of nitrogens with zero attached hydrogens (tertiary/aromatic N) is 2. The van der Waals surface area contributed by atoms with Gasteiger partial charge in [0.25, 0.3) is 0 Å². The van der Waals surface area contributed by atoms with Gasteiger partial charge in [-0.25, -0.2) is 0 Å². The van der Waals surface area contributed by atoms with Gasteiger partial charge in [-0.15, -0.1) is 0 Å². The lowest BCUT2D eigenvalue weighted by molar-refractivity contribution is -0.131. The van der Waals surface area contributed by atoms with Crippen molar-refractivity contribution in [3.05, 3.63) is 41.1 Å². The summed E-state index contributed by atoms with van der Waals surface area (Å²) in [7, 11) is 1.98. The highest BCUT2D eigenvalue weighted by molar-refractivity contribution is 5.86. The molecule has 1 heterocycles. The minimum atomic E-state index is 0.227. The molecule has 0 unspecified atom stereocenters. The molecule has 0 saturated heterocycles. The van der Waals surface area contributed by atoms with Crippen molar-refractivity contribution in [2.24, 2.45) is 0 Å².